The molecule has 2 aromatic carbocycles. The van der Waals surface area contributed by atoms with Crippen molar-refractivity contribution in [1.29, 1.82) is 0 Å². The van der Waals surface area contributed by atoms with E-state index in [0.717, 1.165) is 41.5 Å². The quantitative estimate of drug-likeness (QED) is 0.118. The number of amides is 3. The van der Waals surface area contributed by atoms with Crippen LogP contribution in [0.4, 0.5) is 10.5 Å². The third kappa shape index (κ3) is 11.9. The van der Waals surface area contributed by atoms with Gasteiger partial charge in [0.2, 0.25) is 11.8 Å². The zero-order valence-corrected chi connectivity index (χ0v) is 27.4. The third-order valence-electron chi connectivity index (χ3n) is 7.68. The van der Waals surface area contributed by atoms with Gasteiger partial charge in [-0.15, -0.1) is 0 Å². The number of methoxy groups -OCH3 is 1. The first-order valence-electron chi connectivity index (χ1n) is 16.2. The molecule has 0 fully saturated rings. The zero-order valence-electron chi connectivity index (χ0n) is 27.4. The fourth-order valence-corrected chi connectivity index (χ4v) is 5.24. The number of hydrogen-bond acceptors (Lipinski definition) is 8. The van der Waals surface area contributed by atoms with Crippen molar-refractivity contribution in [3.63, 3.8) is 0 Å². The first kappa shape index (κ1) is 36.7. The van der Waals surface area contributed by atoms with E-state index in [0.29, 0.717) is 70.1 Å². The maximum absolute atomic E-state index is 13.0. The standard InChI is InChI=1S/C35H49N3O8/c1-4-5-18-45-21-16-37-33(40)10-6-11-34(41)38-26-13-15-28-27-14-12-25(32(39)9-7-19-44-20-8-17-43-3)22-29(27)31(30(28)23-26)24-46-35(42)36-2/h12-15,22-23,31H,4-11,16-21,24H2,1-3H3,(H,36,42)(H,37,40)(H,38,41). The van der Waals surface area contributed by atoms with Crippen molar-refractivity contribution >= 4 is 29.4 Å². The highest BCUT2D eigenvalue weighted by Crippen LogP contribution is 2.46. The van der Waals surface area contributed by atoms with E-state index in [2.05, 4.69) is 22.9 Å². The molecule has 0 aromatic heterocycles. The van der Waals surface area contributed by atoms with Crippen molar-refractivity contribution in [2.75, 3.05) is 65.7 Å². The second-order valence-corrected chi connectivity index (χ2v) is 11.2. The van der Waals surface area contributed by atoms with Crippen LogP contribution in [0.5, 0.6) is 0 Å². The number of ketones is 1. The average molecular weight is 640 g/mol. The van der Waals surface area contributed by atoms with Gasteiger partial charge in [-0.05, 0) is 66.1 Å². The molecular formula is C35H49N3O8. The van der Waals surface area contributed by atoms with E-state index < -0.39 is 6.09 Å². The number of rotatable bonds is 22. The summed E-state index contributed by atoms with van der Waals surface area (Å²) in [5.74, 6) is -0.594. The van der Waals surface area contributed by atoms with Gasteiger partial charge in [0.1, 0.15) is 6.61 Å². The van der Waals surface area contributed by atoms with Crippen LogP contribution in [0.15, 0.2) is 36.4 Å². The molecule has 252 valence electrons. The molecule has 3 amide bonds. The molecule has 0 aliphatic heterocycles. The summed E-state index contributed by atoms with van der Waals surface area (Å²) < 4.78 is 21.5. The lowest BCUT2D eigenvalue weighted by Crippen LogP contribution is -2.27. The monoisotopic (exact) mass is 639 g/mol. The Morgan fingerprint density at radius 1 is 0.761 bits per heavy atom. The van der Waals surface area contributed by atoms with E-state index >= 15 is 0 Å². The number of benzene rings is 2. The number of carbonyl (C=O) groups is 4. The molecule has 0 saturated carbocycles. The van der Waals surface area contributed by atoms with Crippen LogP contribution < -0.4 is 16.0 Å². The summed E-state index contributed by atoms with van der Waals surface area (Å²) in [7, 11) is 3.15. The number of fused-ring (bicyclic) bond motifs is 3. The van der Waals surface area contributed by atoms with E-state index in [-0.39, 0.29) is 43.0 Å². The van der Waals surface area contributed by atoms with Gasteiger partial charge >= 0.3 is 6.09 Å². The predicted octanol–water partition coefficient (Wildman–Crippen LogP) is 5.21. The van der Waals surface area contributed by atoms with Gasteiger partial charge in [0.15, 0.2) is 5.78 Å². The van der Waals surface area contributed by atoms with Crippen LogP contribution in [0.3, 0.4) is 0 Å². The van der Waals surface area contributed by atoms with Crippen molar-refractivity contribution in [3.8, 4) is 11.1 Å². The molecule has 1 atom stereocenters. The lowest BCUT2D eigenvalue weighted by Gasteiger charge is -2.15. The summed E-state index contributed by atoms with van der Waals surface area (Å²) in [6, 6.07) is 11.3. The summed E-state index contributed by atoms with van der Waals surface area (Å²) in [5, 5.41) is 8.22. The molecule has 3 rings (SSSR count). The van der Waals surface area contributed by atoms with Gasteiger partial charge in [0.05, 0.1) is 6.61 Å². The Labute approximate surface area is 272 Å². The minimum atomic E-state index is -0.551. The minimum Gasteiger partial charge on any atom is -0.449 e. The molecule has 2 aromatic rings. The van der Waals surface area contributed by atoms with Crippen molar-refractivity contribution in [2.24, 2.45) is 0 Å². The molecule has 0 radical (unpaired) electrons. The zero-order chi connectivity index (χ0) is 33.1. The topological polar surface area (TPSA) is 141 Å². The maximum Gasteiger partial charge on any atom is 0.406 e. The summed E-state index contributed by atoms with van der Waals surface area (Å²) in [6.45, 7) is 5.54. The van der Waals surface area contributed by atoms with Crippen molar-refractivity contribution in [1.82, 2.24) is 10.6 Å². The van der Waals surface area contributed by atoms with Gasteiger partial charge in [-0.1, -0.05) is 31.5 Å². The molecule has 0 bridgehead atoms. The minimum absolute atomic E-state index is 0.0205. The highest BCUT2D eigenvalue weighted by Gasteiger charge is 2.31. The van der Waals surface area contributed by atoms with Crippen molar-refractivity contribution in [3.05, 3.63) is 53.1 Å². The van der Waals surface area contributed by atoms with E-state index in [1.807, 2.05) is 36.4 Å². The second kappa shape index (κ2) is 20.3. The van der Waals surface area contributed by atoms with Gasteiger partial charge in [0, 0.05) is 83.6 Å². The van der Waals surface area contributed by atoms with E-state index in [1.54, 1.807) is 7.11 Å². The lowest BCUT2D eigenvalue weighted by atomic mass is 9.94. The molecular weight excluding hydrogens is 590 g/mol. The Morgan fingerprint density at radius 2 is 1.46 bits per heavy atom. The third-order valence-corrected chi connectivity index (χ3v) is 7.68. The Kier molecular flexibility index (Phi) is 16.2. The van der Waals surface area contributed by atoms with E-state index in [1.165, 1.54) is 7.05 Å². The number of unbranched alkanes of at least 4 members (excludes halogenated alkanes) is 1. The molecule has 1 aliphatic carbocycles. The van der Waals surface area contributed by atoms with Crippen molar-refractivity contribution in [2.45, 2.75) is 64.2 Å². The summed E-state index contributed by atoms with van der Waals surface area (Å²) >= 11 is 0. The maximum atomic E-state index is 13.0. The molecule has 0 saturated heterocycles. The predicted molar refractivity (Wildman–Crippen MR) is 176 cm³/mol. The van der Waals surface area contributed by atoms with Gasteiger partial charge in [-0.25, -0.2) is 4.79 Å². The Hall–Kier alpha value is -3.80. The molecule has 1 aliphatic rings. The van der Waals surface area contributed by atoms with Crippen LogP contribution >= 0.6 is 0 Å². The number of nitrogens with one attached hydrogen (secondary N) is 3. The molecule has 0 heterocycles. The SMILES string of the molecule is CCCCOCCNC(=O)CCCC(=O)Nc1ccc2c(c1)C(COC(=O)NC)c1cc(C(=O)CCCOCCCOC)ccc1-2. The van der Waals surface area contributed by atoms with Crippen LogP contribution in [0.2, 0.25) is 0 Å². The van der Waals surface area contributed by atoms with Gasteiger partial charge in [0.25, 0.3) is 0 Å². The van der Waals surface area contributed by atoms with E-state index in [4.69, 9.17) is 18.9 Å². The number of alkyl carbamates (subject to hydrolysis) is 1. The second-order valence-electron chi connectivity index (χ2n) is 11.2. The van der Waals surface area contributed by atoms with Crippen molar-refractivity contribution < 1.29 is 38.1 Å². The molecule has 11 heteroatoms. The normalized spacial score (nSPS) is 13.1. The van der Waals surface area contributed by atoms with Gasteiger partial charge in [-0.2, -0.15) is 0 Å². The number of carbonyl (C=O) groups excluding carboxylic acids is 4. The Morgan fingerprint density at radius 3 is 2.22 bits per heavy atom. The van der Waals surface area contributed by atoms with Gasteiger partial charge in [-0.3, -0.25) is 14.4 Å². The highest BCUT2D eigenvalue weighted by molar-refractivity contribution is 5.98. The molecule has 0 spiro atoms. The molecule has 1 unspecified atom stereocenters. The first-order valence-corrected chi connectivity index (χ1v) is 16.2. The number of anilines is 1. The molecule has 11 nitrogen and oxygen atoms in total. The Bertz CT molecular complexity index is 1300. The summed E-state index contributed by atoms with van der Waals surface area (Å²) in [6.07, 6.45) is 4.18. The highest BCUT2D eigenvalue weighted by atomic mass is 16.5. The van der Waals surface area contributed by atoms with Crippen LogP contribution in [-0.4, -0.2) is 84.0 Å². The largest absolute Gasteiger partial charge is 0.449 e. The van der Waals surface area contributed by atoms with Gasteiger partial charge < -0.3 is 34.9 Å². The molecule has 3 N–H and O–H groups in total. The van der Waals surface area contributed by atoms with Crippen LogP contribution in [0, 0.1) is 0 Å². The van der Waals surface area contributed by atoms with E-state index in [9.17, 15) is 19.2 Å². The van der Waals surface area contributed by atoms with Crippen LogP contribution in [-0.2, 0) is 28.5 Å². The van der Waals surface area contributed by atoms with Crippen LogP contribution in [0.1, 0.15) is 85.7 Å². The smallest absolute Gasteiger partial charge is 0.406 e. The van der Waals surface area contributed by atoms with Crippen LogP contribution in [0.25, 0.3) is 11.1 Å². The summed E-state index contributed by atoms with van der Waals surface area (Å²) in [5.41, 5.74) is 4.90. The lowest BCUT2D eigenvalue weighted by molar-refractivity contribution is -0.121. The molecule has 46 heavy (non-hydrogen) atoms. The Balaban J connectivity index is 1.59. The number of Topliss-reactive ketones (excluding diaryl/α,β-unsaturated/α-hetero) is 1. The number of hydrogen-bond donors (Lipinski definition) is 3. The number of ether oxygens (including phenoxy) is 4. The average Bonchev–Trinajstić information content (AvgIpc) is 3.36. The fourth-order valence-electron chi connectivity index (χ4n) is 5.24. The summed E-state index contributed by atoms with van der Waals surface area (Å²) in [4.78, 5) is 49.8. The first-order chi connectivity index (χ1) is 22.4. The fraction of sp³-hybridized carbons (Fsp3) is 0.543.